The predicted molar refractivity (Wildman–Crippen MR) is 91.4 cm³/mol. The molecule has 1 aliphatic heterocycles. The highest BCUT2D eigenvalue weighted by Gasteiger charge is 2.63. The highest BCUT2D eigenvalue weighted by atomic mass is 32.1. The van der Waals surface area contributed by atoms with Crippen molar-refractivity contribution in [3.8, 4) is 0 Å². The van der Waals surface area contributed by atoms with Crippen LogP contribution in [0.25, 0.3) is 10.2 Å². The molecule has 26 heavy (non-hydrogen) atoms. The molecule has 0 radical (unpaired) electrons. The number of rotatable bonds is 4. The summed E-state index contributed by atoms with van der Waals surface area (Å²) in [4.78, 5) is 19.6. The van der Waals surface area contributed by atoms with E-state index in [0.29, 0.717) is 10.2 Å². The second-order valence-electron chi connectivity index (χ2n) is 5.46. The molecule has 138 valence electrons. The Kier molecular flexibility index (Phi) is 4.39. The molecule has 10 heteroatoms. The maximum absolute atomic E-state index is 13.9. The van der Waals surface area contributed by atoms with E-state index >= 15 is 0 Å². The molecule has 1 aromatic heterocycles. The lowest BCUT2D eigenvalue weighted by molar-refractivity contribution is -0.172. The number of thiazole rings is 1. The fraction of sp³-hybridized carbons (Fsp3) is 0.312. The van der Waals surface area contributed by atoms with Gasteiger partial charge in [0.15, 0.2) is 10.9 Å². The van der Waals surface area contributed by atoms with Gasteiger partial charge in [0.25, 0.3) is 5.66 Å². The molecule has 2 aromatic rings. The number of hydrogen-bond donors (Lipinski definition) is 2. The quantitative estimate of drug-likeness (QED) is 0.782. The predicted octanol–water partition coefficient (Wildman–Crippen LogP) is 3.82. The van der Waals surface area contributed by atoms with Crippen molar-refractivity contribution in [3.63, 3.8) is 0 Å². The van der Waals surface area contributed by atoms with E-state index in [2.05, 4.69) is 15.3 Å². The number of carbonyl (C=O) groups excluding carboxylic acids is 1. The standard InChI is InChI=1S/C16H14F3N3O3S/c1-3-25-13(24)11-8(2)21-15(12(11)23,16(17,18)19)22-14-20-9-6-4-5-7-10(9)26-14/h4-7,23H,3H2,1-2H3,(H,20,22). The number of aromatic nitrogens is 1. The van der Waals surface area contributed by atoms with Gasteiger partial charge in [0.2, 0.25) is 0 Å². The summed E-state index contributed by atoms with van der Waals surface area (Å²) in [5.74, 6) is -2.32. The summed E-state index contributed by atoms with van der Waals surface area (Å²) in [5.41, 5.74) is -3.55. The van der Waals surface area contributed by atoms with E-state index in [1.807, 2.05) is 0 Å². The van der Waals surface area contributed by atoms with Crippen LogP contribution in [0.2, 0.25) is 0 Å². The molecule has 0 amide bonds. The first-order valence-electron chi connectivity index (χ1n) is 7.57. The third kappa shape index (κ3) is 2.79. The van der Waals surface area contributed by atoms with Crippen LogP contribution >= 0.6 is 11.3 Å². The number of fused-ring (bicyclic) bond motifs is 1. The topological polar surface area (TPSA) is 83.8 Å². The minimum absolute atomic E-state index is 0.0484. The number of benzene rings is 1. The Morgan fingerprint density at radius 2 is 2.08 bits per heavy atom. The smallest absolute Gasteiger partial charge is 0.440 e. The van der Waals surface area contributed by atoms with Crippen LogP contribution in [0.3, 0.4) is 0 Å². The summed E-state index contributed by atoms with van der Waals surface area (Å²) in [6, 6.07) is 6.80. The minimum atomic E-state index is -5.02. The van der Waals surface area contributed by atoms with Crippen molar-refractivity contribution in [1.82, 2.24) is 4.98 Å². The number of alkyl halides is 3. The molecular weight excluding hydrogens is 371 g/mol. The summed E-state index contributed by atoms with van der Waals surface area (Å²) in [5, 5.41) is 12.4. The van der Waals surface area contributed by atoms with Gasteiger partial charge in [-0.1, -0.05) is 23.5 Å². The van der Waals surface area contributed by atoms with Crippen LogP contribution < -0.4 is 5.32 Å². The number of ether oxygens (including phenoxy) is 1. The number of halogens is 3. The first-order valence-corrected chi connectivity index (χ1v) is 8.39. The second-order valence-corrected chi connectivity index (χ2v) is 6.49. The van der Waals surface area contributed by atoms with Crippen LogP contribution in [0, 0.1) is 0 Å². The van der Waals surface area contributed by atoms with Gasteiger partial charge in [0.05, 0.1) is 22.5 Å². The Hall–Kier alpha value is -2.62. The molecule has 0 bridgehead atoms. The number of anilines is 1. The van der Waals surface area contributed by atoms with Crippen LogP contribution in [0.4, 0.5) is 18.3 Å². The molecule has 1 aromatic carbocycles. The van der Waals surface area contributed by atoms with Gasteiger partial charge in [-0.15, -0.1) is 0 Å². The minimum Gasteiger partial charge on any atom is -0.507 e. The van der Waals surface area contributed by atoms with Crippen molar-refractivity contribution < 1.29 is 27.8 Å². The highest BCUT2D eigenvalue weighted by molar-refractivity contribution is 7.22. The number of aliphatic imine (C=N–C) groups is 1. The normalized spacial score (nSPS) is 20.4. The second kappa shape index (κ2) is 6.27. The number of hydrogen-bond acceptors (Lipinski definition) is 7. The molecule has 0 saturated heterocycles. The summed E-state index contributed by atoms with van der Waals surface area (Å²) in [6.07, 6.45) is -5.02. The zero-order valence-electron chi connectivity index (χ0n) is 13.7. The average molecular weight is 385 g/mol. The van der Waals surface area contributed by atoms with Crippen molar-refractivity contribution in [2.75, 3.05) is 11.9 Å². The maximum atomic E-state index is 13.9. The Labute approximate surface area is 150 Å². The Morgan fingerprint density at radius 3 is 2.69 bits per heavy atom. The number of esters is 1. The van der Waals surface area contributed by atoms with Crippen molar-refractivity contribution in [1.29, 1.82) is 0 Å². The van der Waals surface area contributed by atoms with E-state index in [-0.39, 0.29) is 17.5 Å². The molecule has 0 aliphatic carbocycles. The molecule has 2 heterocycles. The Morgan fingerprint density at radius 1 is 1.38 bits per heavy atom. The van der Waals surface area contributed by atoms with Crippen LogP contribution in [0.1, 0.15) is 13.8 Å². The third-order valence-corrected chi connectivity index (χ3v) is 4.70. The summed E-state index contributed by atoms with van der Waals surface area (Å²) in [6.45, 7) is 2.66. The zero-order chi connectivity index (χ0) is 19.1. The summed E-state index contributed by atoms with van der Waals surface area (Å²) in [7, 11) is 0. The molecule has 1 aliphatic rings. The highest BCUT2D eigenvalue weighted by Crippen LogP contribution is 2.45. The molecule has 0 fully saturated rings. The van der Waals surface area contributed by atoms with E-state index in [1.165, 1.54) is 13.8 Å². The van der Waals surface area contributed by atoms with E-state index in [1.54, 1.807) is 24.3 Å². The van der Waals surface area contributed by atoms with E-state index in [9.17, 15) is 23.1 Å². The lowest BCUT2D eigenvalue weighted by Gasteiger charge is -2.29. The fourth-order valence-electron chi connectivity index (χ4n) is 2.60. The van der Waals surface area contributed by atoms with Gasteiger partial charge in [-0.3, -0.25) is 0 Å². The van der Waals surface area contributed by atoms with E-state index in [4.69, 9.17) is 4.74 Å². The van der Waals surface area contributed by atoms with Gasteiger partial charge in [0, 0.05) is 0 Å². The largest absolute Gasteiger partial charge is 0.507 e. The van der Waals surface area contributed by atoms with Crippen molar-refractivity contribution in [2.45, 2.75) is 25.7 Å². The third-order valence-electron chi connectivity index (χ3n) is 3.75. The Bertz CT molecular complexity index is 902. The van der Waals surface area contributed by atoms with Crippen LogP contribution in [0.15, 0.2) is 40.6 Å². The van der Waals surface area contributed by atoms with Gasteiger partial charge >= 0.3 is 12.1 Å². The lowest BCUT2D eigenvalue weighted by Crippen LogP contribution is -2.51. The lowest BCUT2D eigenvalue weighted by atomic mass is 10.1. The van der Waals surface area contributed by atoms with Crippen molar-refractivity contribution in [3.05, 3.63) is 35.6 Å². The molecule has 3 rings (SSSR count). The van der Waals surface area contributed by atoms with Crippen LogP contribution in [-0.2, 0) is 9.53 Å². The maximum Gasteiger partial charge on any atom is 0.440 e. The molecule has 1 atom stereocenters. The van der Waals surface area contributed by atoms with Crippen LogP contribution in [0.5, 0.6) is 0 Å². The Balaban J connectivity index is 2.10. The first kappa shape index (κ1) is 18.2. The van der Waals surface area contributed by atoms with Crippen LogP contribution in [-0.4, -0.2) is 40.2 Å². The number of aliphatic hydroxyl groups excluding tert-OH is 1. The number of nitrogens with zero attached hydrogens (tertiary/aromatic N) is 2. The van der Waals surface area contributed by atoms with Gasteiger partial charge in [-0.25, -0.2) is 14.8 Å². The molecule has 0 spiro atoms. The molecular formula is C16H14F3N3O3S. The van der Waals surface area contributed by atoms with Gasteiger partial charge in [-0.2, -0.15) is 13.2 Å². The number of aliphatic hydroxyl groups is 1. The molecule has 1 unspecified atom stereocenters. The zero-order valence-corrected chi connectivity index (χ0v) is 14.5. The van der Waals surface area contributed by atoms with E-state index < -0.39 is 29.1 Å². The summed E-state index contributed by atoms with van der Waals surface area (Å²) < 4.78 is 47.0. The van der Waals surface area contributed by atoms with Gasteiger partial charge in [0.1, 0.15) is 5.57 Å². The van der Waals surface area contributed by atoms with E-state index in [0.717, 1.165) is 11.3 Å². The number of para-hydroxylation sites is 1. The molecule has 6 nitrogen and oxygen atoms in total. The molecule has 0 saturated carbocycles. The first-order chi connectivity index (χ1) is 12.2. The number of carbonyl (C=O) groups is 1. The van der Waals surface area contributed by atoms with Crippen molar-refractivity contribution in [2.24, 2.45) is 4.99 Å². The fourth-order valence-corrected chi connectivity index (χ4v) is 3.51. The van der Waals surface area contributed by atoms with Gasteiger partial charge < -0.3 is 15.2 Å². The average Bonchev–Trinajstić information content (AvgIpc) is 3.06. The number of nitrogens with one attached hydrogen (secondary N) is 1. The SMILES string of the molecule is CCOC(=O)C1=C(O)C(Nc2nc3ccccc3s2)(C(F)(F)F)N=C1C. The van der Waals surface area contributed by atoms with Gasteiger partial charge in [-0.05, 0) is 26.0 Å². The summed E-state index contributed by atoms with van der Waals surface area (Å²) >= 11 is 0.981. The monoisotopic (exact) mass is 385 g/mol. The van der Waals surface area contributed by atoms with Crippen molar-refractivity contribution >= 4 is 38.4 Å². The molecule has 2 N–H and O–H groups in total.